The number of hydrogen-bond acceptors (Lipinski definition) is 6. The number of allylic oxidation sites excluding steroid dienone is 4. The molecule has 0 aromatic carbocycles. The third-order valence-electron chi connectivity index (χ3n) is 10.6. The molecule has 6 nitrogen and oxygen atoms in total. The van der Waals surface area contributed by atoms with Gasteiger partial charge in [0.1, 0.15) is 0 Å². The molecule has 0 amide bonds. The molecule has 6 rings (SSSR count). The largest absolute Gasteiger partial charge is 0.479 e. The average molecular weight is 484 g/mol. The summed E-state index contributed by atoms with van der Waals surface area (Å²) in [4.78, 5) is 31.6. The standard InChI is InChI=1S/C27H33NO5S/c1-24-8-6-19(29)10-17(24)4-5-20-22(24)21(30)12-26(3)25(20,2)11-18-14-28(13-16-7-9-34-15-16)33-27(18,26)23(31)32/h6-10,15,18,20-22,30H,4-5,11-14H2,1-3H3,(H,31,32)/t18-,20+,21-,22+,24-,25-,26-,27-/m0/s1. The smallest absolute Gasteiger partial charge is 0.339 e. The van der Waals surface area contributed by atoms with E-state index in [1.54, 1.807) is 23.5 Å². The summed E-state index contributed by atoms with van der Waals surface area (Å²) in [6.45, 7) is 7.61. The highest BCUT2D eigenvalue weighted by atomic mass is 32.1. The molecule has 4 aliphatic carbocycles. The normalized spacial score (nSPS) is 47.5. The van der Waals surface area contributed by atoms with Gasteiger partial charge in [0.2, 0.25) is 0 Å². The molecule has 0 spiro atoms. The Labute approximate surface area is 204 Å². The van der Waals surface area contributed by atoms with Crippen LogP contribution in [-0.4, -0.2) is 45.3 Å². The van der Waals surface area contributed by atoms with E-state index in [1.165, 1.54) is 0 Å². The van der Waals surface area contributed by atoms with E-state index in [0.717, 1.165) is 30.4 Å². The number of hydroxylamine groups is 2. The maximum atomic E-state index is 13.1. The summed E-state index contributed by atoms with van der Waals surface area (Å²) in [6.07, 6.45) is 7.54. The Kier molecular flexibility index (Phi) is 4.75. The molecule has 5 aliphatic rings. The lowest BCUT2D eigenvalue weighted by molar-refractivity contribution is -0.276. The minimum atomic E-state index is -1.35. The second-order valence-corrected chi connectivity index (χ2v) is 12.6. The third kappa shape index (κ3) is 2.62. The number of carboxylic acid groups (broad SMARTS) is 1. The molecular formula is C27H33NO5S. The van der Waals surface area contributed by atoms with Gasteiger partial charge in [0.15, 0.2) is 11.4 Å². The van der Waals surface area contributed by atoms with Gasteiger partial charge in [0, 0.05) is 35.8 Å². The molecule has 3 saturated carbocycles. The van der Waals surface area contributed by atoms with E-state index < -0.39 is 23.1 Å². The fraction of sp³-hybridized carbons (Fsp3) is 0.630. The first-order valence-electron chi connectivity index (χ1n) is 12.4. The van der Waals surface area contributed by atoms with Gasteiger partial charge >= 0.3 is 5.97 Å². The number of aliphatic hydroxyl groups is 1. The lowest BCUT2D eigenvalue weighted by Gasteiger charge is -2.64. The molecule has 2 N–H and O–H groups in total. The second-order valence-electron chi connectivity index (χ2n) is 11.9. The molecule has 1 aliphatic heterocycles. The van der Waals surface area contributed by atoms with Gasteiger partial charge < -0.3 is 10.2 Å². The highest BCUT2D eigenvalue weighted by molar-refractivity contribution is 7.07. The maximum Gasteiger partial charge on any atom is 0.339 e. The number of fused-ring (bicyclic) bond motifs is 7. The zero-order valence-corrected chi connectivity index (χ0v) is 20.8. The van der Waals surface area contributed by atoms with Crippen LogP contribution in [0.1, 0.15) is 52.0 Å². The van der Waals surface area contributed by atoms with E-state index in [0.29, 0.717) is 19.5 Å². The SMILES string of the molecule is C[C@]12C[C@H](O)[C@H]3[C@@H](CCC4=CC(=O)C=C[C@@]43C)[C@]1(C)C[C@H]1CN(Cc3ccsc3)O[C@]12C(=O)O. The van der Waals surface area contributed by atoms with Crippen molar-refractivity contribution in [1.29, 1.82) is 0 Å². The van der Waals surface area contributed by atoms with Gasteiger partial charge in [-0.2, -0.15) is 16.4 Å². The van der Waals surface area contributed by atoms with Crippen LogP contribution in [0.15, 0.2) is 40.6 Å². The van der Waals surface area contributed by atoms with Crippen molar-refractivity contribution in [2.75, 3.05) is 6.54 Å². The fourth-order valence-electron chi connectivity index (χ4n) is 8.93. The first-order chi connectivity index (χ1) is 16.0. The lowest BCUT2D eigenvalue weighted by atomic mass is 9.41. The van der Waals surface area contributed by atoms with Crippen LogP contribution in [0.5, 0.6) is 0 Å². The van der Waals surface area contributed by atoms with Crippen molar-refractivity contribution in [3.05, 3.63) is 46.2 Å². The van der Waals surface area contributed by atoms with Crippen LogP contribution in [0.2, 0.25) is 0 Å². The lowest BCUT2D eigenvalue weighted by Crippen LogP contribution is -2.66. The zero-order valence-electron chi connectivity index (χ0n) is 20.0. The Bertz CT molecular complexity index is 1110. The Balaban J connectivity index is 1.40. The summed E-state index contributed by atoms with van der Waals surface area (Å²) in [6, 6.07) is 2.05. The van der Waals surface area contributed by atoms with Crippen molar-refractivity contribution in [2.45, 2.75) is 64.7 Å². The Morgan fingerprint density at radius 3 is 2.79 bits per heavy atom. The van der Waals surface area contributed by atoms with E-state index >= 15 is 0 Å². The van der Waals surface area contributed by atoms with E-state index in [9.17, 15) is 19.8 Å². The molecular weight excluding hydrogens is 450 g/mol. The molecule has 1 aromatic rings. The minimum Gasteiger partial charge on any atom is -0.479 e. The predicted molar refractivity (Wildman–Crippen MR) is 128 cm³/mol. The van der Waals surface area contributed by atoms with Gasteiger partial charge in [0.25, 0.3) is 0 Å². The van der Waals surface area contributed by atoms with Crippen LogP contribution < -0.4 is 0 Å². The molecule has 182 valence electrons. The van der Waals surface area contributed by atoms with Gasteiger partial charge in [-0.1, -0.05) is 32.4 Å². The van der Waals surface area contributed by atoms with Gasteiger partial charge in [-0.15, -0.1) is 0 Å². The summed E-state index contributed by atoms with van der Waals surface area (Å²) in [5.41, 5.74) is -0.499. The van der Waals surface area contributed by atoms with Crippen molar-refractivity contribution in [3.8, 4) is 0 Å². The number of ketones is 1. The van der Waals surface area contributed by atoms with Crippen molar-refractivity contribution in [3.63, 3.8) is 0 Å². The number of aliphatic carboxylic acids is 1. The van der Waals surface area contributed by atoms with Gasteiger partial charge in [-0.05, 0) is 71.6 Å². The molecule has 0 bridgehead atoms. The maximum absolute atomic E-state index is 13.1. The Morgan fingerprint density at radius 1 is 1.29 bits per heavy atom. The Morgan fingerprint density at radius 2 is 2.09 bits per heavy atom. The van der Waals surface area contributed by atoms with Gasteiger partial charge in [-0.3, -0.25) is 9.63 Å². The molecule has 4 fully saturated rings. The van der Waals surface area contributed by atoms with Gasteiger partial charge in [0.05, 0.1) is 6.10 Å². The van der Waals surface area contributed by atoms with Crippen molar-refractivity contribution >= 4 is 23.1 Å². The third-order valence-corrected chi connectivity index (χ3v) is 11.3. The summed E-state index contributed by atoms with van der Waals surface area (Å²) < 4.78 is 0. The topological polar surface area (TPSA) is 87.1 Å². The number of aliphatic hydroxyl groups excluding tert-OH is 1. The monoisotopic (exact) mass is 483 g/mol. The number of hydrogen-bond donors (Lipinski definition) is 2. The number of rotatable bonds is 3. The zero-order chi connectivity index (χ0) is 24.1. The summed E-state index contributed by atoms with van der Waals surface area (Å²) in [7, 11) is 0. The van der Waals surface area contributed by atoms with Crippen LogP contribution in [0.3, 0.4) is 0 Å². The minimum absolute atomic E-state index is 0.0200. The van der Waals surface area contributed by atoms with E-state index in [4.69, 9.17) is 4.84 Å². The molecule has 2 heterocycles. The second kappa shape index (κ2) is 7.12. The van der Waals surface area contributed by atoms with Crippen LogP contribution >= 0.6 is 11.3 Å². The van der Waals surface area contributed by atoms with E-state index in [2.05, 4.69) is 26.2 Å². The van der Waals surface area contributed by atoms with Crippen molar-refractivity contribution in [2.24, 2.45) is 34.0 Å². The van der Waals surface area contributed by atoms with Crippen LogP contribution in [0.25, 0.3) is 0 Å². The average Bonchev–Trinajstić information content (AvgIpc) is 3.44. The molecule has 0 unspecified atom stereocenters. The van der Waals surface area contributed by atoms with Gasteiger partial charge in [-0.25, -0.2) is 4.79 Å². The first kappa shape index (κ1) is 22.7. The number of thiophene rings is 1. The first-order valence-corrected chi connectivity index (χ1v) is 13.3. The number of nitrogens with zero attached hydrogens (tertiary/aromatic N) is 1. The fourth-order valence-corrected chi connectivity index (χ4v) is 9.59. The quantitative estimate of drug-likeness (QED) is 0.670. The molecule has 0 radical (unpaired) electrons. The Hall–Kier alpha value is -1.80. The molecule has 7 heteroatoms. The van der Waals surface area contributed by atoms with Crippen LogP contribution in [0.4, 0.5) is 0 Å². The molecule has 1 aromatic heterocycles. The summed E-state index contributed by atoms with van der Waals surface area (Å²) >= 11 is 1.63. The molecule has 8 atom stereocenters. The van der Waals surface area contributed by atoms with E-state index in [-0.39, 0.29) is 34.4 Å². The van der Waals surface area contributed by atoms with E-state index in [1.807, 2.05) is 22.6 Å². The highest BCUT2D eigenvalue weighted by Gasteiger charge is 2.80. The van der Waals surface area contributed by atoms with Crippen LogP contribution in [-0.2, 0) is 21.0 Å². The predicted octanol–water partition coefficient (Wildman–Crippen LogP) is 4.21. The number of carboxylic acids is 1. The molecule has 1 saturated heterocycles. The highest BCUT2D eigenvalue weighted by Crippen LogP contribution is 2.75. The van der Waals surface area contributed by atoms with Crippen molar-refractivity contribution in [1.82, 2.24) is 5.06 Å². The van der Waals surface area contributed by atoms with Crippen molar-refractivity contribution < 1.29 is 24.6 Å². The summed E-state index contributed by atoms with van der Waals surface area (Å²) in [5.74, 6) is -0.920. The summed E-state index contributed by atoms with van der Waals surface area (Å²) in [5, 5.41) is 28.3. The number of carbonyl (C=O) groups excluding carboxylic acids is 1. The number of carbonyl (C=O) groups is 2. The molecule has 34 heavy (non-hydrogen) atoms. The van der Waals surface area contributed by atoms with Crippen LogP contribution in [0, 0.1) is 34.0 Å².